The number of rotatable bonds is 4. The minimum absolute atomic E-state index is 0.0673. The molecule has 1 saturated carbocycles. The number of alkyl halides is 3. The number of carboxylic acid groups (broad SMARTS) is 1. The quantitative estimate of drug-likeness (QED) is 0.774. The summed E-state index contributed by atoms with van der Waals surface area (Å²) in [7, 11) is 0. The Hall–Kier alpha value is -0.740. The normalized spacial score (nSPS) is 21.7. The number of carboxylic acids is 1. The van der Waals surface area contributed by atoms with Gasteiger partial charge in [0, 0.05) is 6.42 Å². The second-order valence-corrected chi connectivity index (χ2v) is 4.11. The van der Waals surface area contributed by atoms with E-state index in [4.69, 9.17) is 5.11 Å². The standard InChI is InChI=1S/C9H13F3O2/c1-8(7(13)14,6-2-3-6)4-5-9(10,11)12/h6H,2-5H2,1H3,(H,13,14). The van der Waals surface area contributed by atoms with Crippen LogP contribution in [0, 0.1) is 11.3 Å². The third-order valence-corrected chi connectivity index (χ3v) is 2.89. The van der Waals surface area contributed by atoms with Crippen molar-refractivity contribution >= 4 is 5.97 Å². The smallest absolute Gasteiger partial charge is 0.389 e. The van der Waals surface area contributed by atoms with Crippen LogP contribution in [0.3, 0.4) is 0 Å². The molecule has 1 aliphatic carbocycles. The lowest BCUT2D eigenvalue weighted by molar-refractivity contribution is -0.158. The first-order valence-corrected chi connectivity index (χ1v) is 4.56. The van der Waals surface area contributed by atoms with Crippen LogP contribution in [0.4, 0.5) is 13.2 Å². The van der Waals surface area contributed by atoms with Crippen LogP contribution in [0.25, 0.3) is 0 Å². The number of carbonyl (C=O) groups is 1. The summed E-state index contributed by atoms with van der Waals surface area (Å²) in [5.74, 6) is -1.17. The van der Waals surface area contributed by atoms with Gasteiger partial charge in [0.2, 0.25) is 0 Å². The Kier molecular flexibility index (Phi) is 2.78. The summed E-state index contributed by atoms with van der Waals surface area (Å²) in [4.78, 5) is 10.9. The molecule has 1 unspecified atom stereocenters. The minimum atomic E-state index is -4.26. The van der Waals surface area contributed by atoms with E-state index in [1.165, 1.54) is 6.92 Å². The van der Waals surface area contributed by atoms with Crippen LogP contribution >= 0.6 is 0 Å². The van der Waals surface area contributed by atoms with E-state index < -0.39 is 24.0 Å². The fourth-order valence-corrected chi connectivity index (χ4v) is 1.61. The molecule has 0 spiro atoms. The zero-order valence-corrected chi connectivity index (χ0v) is 7.90. The molecule has 82 valence electrons. The summed E-state index contributed by atoms with van der Waals surface area (Å²) in [6.07, 6.45) is -4.10. The highest BCUT2D eigenvalue weighted by atomic mass is 19.4. The van der Waals surface area contributed by atoms with E-state index in [1.54, 1.807) is 0 Å². The maximum atomic E-state index is 11.9. The van der Waals surface area contributed by atoms with Crippen molar-refractivity contribution in [1.82, 2.24) is 0 Å². The summed E-state index contributed by atoms with van der Waals surface area (Å²) < 4.78 is 35.8. The molecule has 0 aromatic carbocycles. The molecule has 1 N–H and O–H groups in total. The van der Waals surface area contributed by atoms with E-state index in [1.807, 2.05) is 0 Å². The molecule has 14 heavy (non-hydrogen) atoms. The van der Waals surface area contributed by atoms with Crippen LogP contribution in [0.1, 0.15) is 32.6 Å². The molecule has 1 atom stereocenters. The van der Waals surface area contributed by atoms with Gasteiger partial charge in [-0.1, -0.05) is 0 Å². The Morgan fingerprint density at radius 2 is 1.86 bits per heavy atom. The topological polar surface area (TPSA) is 37.3 Å². The Morgan fingerprint density at radius 1 is 1.36 bits per heavy atom. The van der Waals surface area contributed by atoms with Crippen molar-refractivity contribution in [3.8, 4) is 0 Å². The van der Waals surface area contributed by atoms with Gasteiger partial charge in [0.1, 0.15) is 0 Å². The molecule has 0 aromatic rings. The van der Waals surface area contributed by atoms with Crippen molar-refractivity contribution in [3.63, 3.8) is 0 Å². The number of halogens is 3. The lowest BCUT2D eigenvalue weighted by Gasteiger charge is -2.24. The molecule has 0 bridgehead atoms. The Morgan fingerprint density at radius 3 is 2.14 bits per heavy atom. The summed E-state index contributed by atoms with van der Waals surface area (Å²) in [6.45, 7) is 1.42. The third kappa shape index (κ3) is 2.62. The SMILES string of the molecule is CC(CCC(F)(F)F)(C(=O)O)C1CC1. The highest BCUT2D eigenvalue weighted by Gasteiger charge is 2.48. The first-order chi connectivity index (χ1) is 6.26. The lowest BCUT2D eigenvalue weighted by Crippen LogP contribution is -2.31. The van der Waals surface area contributed by atoms with E-state index in [0.717, 1.165) is 12.8 Å². The molecule has 0 amide bonds. The highest BCUT2D eigenvalue weighted by molar-refractivity contribution is 5.75. The highest BCUT2D eigenvalue weighted by Crippen LogP contribution is 2.49. The van der Waals surface area contributed by atoms with Crippen LogP contribution in [0.15, 0.2) is 0 Å². The predicted octanol–water partition coefficient (Wildman–Crippen LogP) is 2.83. The Bertz CT molecular complexity index is 233. The van der Waals surface area contributed by atoms with Crippen molar-refractivity contribution in [2.75, 3.05) is 0 Å². The molecular formula is C9H13F3O2. The average Bonchev–Trinajstić information content (AvgIpc) is 2.80. The molecule has 5 heteroatoms. The molecule has 1 fully saturated rings. The van der Waals surface area contributed by atoms with Gasteiger partial charge in [-0.15, -0.1) is 0 Å². The summed E-state index contributed by atoms with van der Waals surface area (Å²) in [6, 6.07) is 0. The minimum Gasteiger partial charge on any atom is -0.481 e. The summed E-state index contributed by atoms with van der Waals surface area (Å²) in [5, 5.41) is 8.87. The maximum absolute atomic E-state index is 11.9. The molecule has 0 aromatic heterocycles. The molecule has 1 aliphatic rings. The Balaban J connectivity index is 2.56. The van der Waals surface area contributed by atoms with Crippen molar-refractivity contribution < 1.29 is 23.1 Å². The second kappa shape index (κ2) is 3.44. The van der Waals surface area contributed by atoms with Gasteiger partial charge in [-0.2, -0.15) is 13.2 Å². The van der Waals surface area contributed by atoms with Crippen LogP contribution in [-0.2, 0) is 4.79 Å². The van der Waals surface area contributed by atoms with E-state index in [2.05, 4.69) is 0 Å². The first kappa shape index (κ1) is 11.3. The van der Waals surface area contributed by atoms with E-state index >= 15 is 0 Å². The zero-order valence-electron chi connectivity index (χ0n) is 7.90. The van der Waals surface area contributed by atoms with E-state index in [9.17, 15) is 18.0 Å². The van der Waals surface area contributed by atoms with Crippen LogP contribution < -0.4 is 0 Å². The lowest BCUT2D eigenvalue weighted by atomic mass is 9.80. The number of hydrogen-bond acceptors (Lipinski definition) is 1. The van der Waals surface area contributed by atoms with Crippen LogP contribution in [0.5, 0.6) is 0 Å². The fourth-order valence-electron chi connectivity index (χ4n) is 1.61. The molecule has 1 rings (SSSR count). The molecule has 2 nitrogen and oxygen atoms in total. The third-order valence-electron chi connectivity index (χ3n) is 2.89. The van der Waals surface area contributed by atoms with Gasteiger partial charge in [0.15, 0.2) is 0 Å². The average molecular weight is 210 g/mol. The predicted molar refractivity (Wildman–Crippen MR) is 43.8 cm³/mol. The zero-order chi connectivity index (χ0) is 11.0. The van der Waals surface area contributed by atoms with Gasteiger partial charge in [-0.3, -0.25) is 4.79 Å². The molecule has 0 aliphatic heterocycles. The first-order valence-electron chi connectivity index (χ1n) is 4.56. The molecule has 0 saturated heterocycles. The summed E-state index contributed by atoms with van der Waals surface area (Å²) >= 11 is 0. The van der Waals surface area contributed by atoms with E-state index in [-0.39, 0.29) is 12.3 Å². The van der Waals surface area contributed by atoms with Gasteiger partial charge < -0.3 is 5.11 Å². The monoisotopic (exact) mass is 210 g/mol. The number of aliphatic carboxylic acids is 1. The second-order valence-electron chi connectivity index (χ2n) is 4.11. The molecule has 0 radical (unpaired) electrons. The van der Waals surface area contributed by atoms with E-state index in [0.29, 0.717) is 0 Å². The van der Waals surface area contributed by atoms with Crippen molar-refractivity contribution in [1.29, 1.82) is 0 Å². The van der Waals surface area contributed by atoms with Crippen LogP contribution in [0.2, 0.25) is 0 Å². The summed E-state index contributed by atoms with van der Waals surface area (Å²) in [5.41, 5.74) is -1.18. The fraction of sp³-hybridized carbons (Fsp3) is 0.889. The molecule has 0 heterocycles. The van der Waals surface area contributed by atoms with Gasteiger partial charge in [-0.25, -0.2) is 0 Å². The van der Waals surface area contributed by atoms with Gasteiger partial charge in [0.25, 0.3) is 0 Å². The number of hydrogen-bond donors (Lipinski definition) is 1. The van der Waals surface area contributed by atoms with Crippen molar-refractivity contribution in [2.24, 2.45) is 11.3 Å². The van der Waals surface area contributed by atoms with Crippen molar-refractivity contribution in [3.05, 3.63) is 0 Å². The molecular weight excluding hydrogens is 197 g/mol. The largest absolute Gasteiger partial charge is 0.481 e. The van der Waals surface area contributed by atoms with Gasteiger partial charge in [-0.05, 0) is 32.1 Å². The van der Waals surface area contributed by atoms with Crippen LogP contribution in [-0.4, -0.2) is 17.3 Å². The van der Waals surface area contributed by atoms with Crippen molar-refractivity contribution in [2.45, 2.75) is 38.8 Å². The Labute approximate surface area is 80.1 Å². The maximum Gasteiger partial charge on any atom is 0.389 e. The van der Waals surface area contributed by atoms with Gasteiger partial charge >= 0.3 is 12.1 Å². The van der Waals surface area contributed by atoms with Gasteiger partial charge in [0.05, 0.1) is 5.41 Å².